The van der Waals surface area contributed by atoms with Gasteiger partial charge in [0.05, 0.1) is 0 Å². The van der Waals surface area contributed by atoms with Gasteiger partial charge in [0.15, 0.2) is 0 Å². The molecule has 0 radical (unpaired) electrons. The van der Waals surface area contributed by atoms with Crippen molar-refractivity contribution >= 4 is 0 Å². The predicted molar refractivity (Wildman–Crippen MR) is 6.72 cm³/mol. The van der Waals surface area contributed by atoms with E-state index in [-0.39, 0.29) is 37.7 Å². The normalized spacial score (nSPS) is 1.00. The second-order valence-electron chi connectivity index (χ2n) is 0. The Hall–Kier alpha value is 0.795. The van der Waals surface area contributed by atoms with E-state index < -0.39 is 0 Å². The Balaban J connectivity index is -0.00000000500. The van der Waals surface area contributed by atoms with Crippen LogP contribution in [0.4, 0.5) is 0 Å². The summed E-state index contributed by atoms with van der Waals surface area (Å²) in [4.78, 5) is 0. The molecule has 0 heterocycles. The van der Waals surface area contributed by atoms with Crippen molar-refractivity contribution < 1.29 is 37.7 Å². The van der Waals surface area contributed by atoms with Gasteiger partial charge in [0.25, 0.3) is 0 Å². The van der Waals surface area contributed by atoms with E-state index in [4.69, 9.17) is 11.1 Å². The summed E-state index contributed by atoms with van der Waals surface area (Å²) in [6.07, 6.45) is 0. The molecular formula is Li2N2. The van der Waals surface area contributed by atoms with Gasteiger partial charge in [-0.3, -0.25) is 0 Å². The van der Waals surface area contributed by atoms with Crippen LogP contribution in [0.3, 0.4) is 0 Å². The summed E-state index contributed by atoms with van der Waals surface area (Å²) in [7, 11) is 0. The van der Waals surface area contributed by atoms with Gasteiger partial charge in [0, 0.05) is 0 Å². The third kappa shape index (κ3) is 14.3. The first-order valence-corrected chi connectivity index (χ1v) is 0.200. The van der Waals surface area contributed by atoms with Gasteiger partial charge in [-0.15, -0.1) is 0 Å². The Morgan fingerprint density at radius 3 is 0.750 bits per heavy atom. The first-order chi connectivity index (χ1) is 1.00. The van der Waals surface area contributed by atoms with Crippen LogP contribution < -0.4 is 37.7 Å². The molecule has 2 nitrogen and oxygen atoms in total. The summed E-state index contributed by atoms with van der Waals surface area (Å²) in [5.74, 6) is 0. The van der Waals surface area contributed by atoms with Crippen LogP contribution in [0.5, 0.6) is 0 Å². The van der Waals surface area contributed by atoms with E-state index >= 15 is 0 Å². The molecule has 4 heavy (non-hydrogen) atoms. The monoisotopic (exact) mass is 42.0 g/mol. The van der Waals surface area contributed by atoms with Gasteiger partial charge in [-0.25, -0.2) is 0 Å². The zero-order valence-corrected chi connectivity index (χ0v) is 2.89. The predicted octanol–water partition coefficient (Wildman–Crippen LogP) is -5.41. The fourth-order valence-electron chi connectivity index (χ4n) is 0. The van der Waals surface area contributed by atoms with Crippen molar-refractivity contribution in [3.05, 3.63) is 11.1 Å². The first kappa shape index (κ1) is 21.4. The van der Waals surface area contributed by atoms with Crippen LogP contribution in [0, 0.1) is 0 Å². The third-order valence-corrected chi connectivity index (χ3v) is 0. The van der Waals surface area contributed by atoms with Gasteiger partial charge in [0.2, 0.25) is 0 Å². The van der Waals surface area contributed by atoms with Crippen molar-refractivity contribution in [2.75, 3.05) is 0 Å². The van der Waals surface area contributed by atoms with Gasteiger partial charge < -0.3 is 11.1 Å². The molecule has 12 valence electrons. The Morgan fingerprint density at radius 1 is 0.750 bits per heavy atom. The third-order valence-electron chi connectivity index (χ3n) is 0. The number of hydrogen-bond donors (Lipinski definition) is 0. The average molecular weight is 41.9 g/mol. The molecule has 0 rings (SSSR count). The molecule has 0 amide bonds. The number of rotatable bonds is 0. The molecule has 0 aliphatic heterocycles. The van der Waals surface area contributed by atoms with Crippen LogP contribution in [0.15, 0.2) is 0 Å². The van der Waals surface area contributed by atoms with Crippen molar-refractivity contribution in [3.63, 3.8) is 0 Å². The Morgan fingerprint density at radius 2 is 0.750 bits per heavy atom. The summed E-state index contributed by atoms with van der Waals surface area (Å²) in [5.41, 5.74) is 12.0. The van der Waals surface area contributed by atoms with Crippen LogP contribution in [-0.4, -0.2) is 0 Å². The molecule has 0 unspecified atom stereocenters. The molecule has 0 aliphatic carbocycles. The standard InChI is InChI=1S/2Li.N2/c;;1-2/q2*+1;-2. The van der Waals surface area contributed by atoms with Gasteiger partial charge in [-0.05, 0) is 0 Å². The van der Waals surface area contributed by atoms with Crippen molar-refractivity contribution in [2.45, 2.75) is 0 Å². The molecule has 0 N–H and O–H groups in total. The quantitative estimate of drug-likeness (QED) is 0.192. The summed E-state index contributed by atoms with van der Waals surface area (Å²) >= 11 is 0. The van der Waals surface area contributed by atoms with Crippen LogP contribution in [0.1, 0.15) is 0 Å². The molecule has 0 aromatic heterocycles. The van der Waals surface area contributed by atoms with Crippen molar-refractivity contribution in [2.24, 2.45) is 0 Å². The van der Waals surface area contributed by atoms with Gasteiger partial charge >= 0.3 is 37.7 Å². The minimum Gasteiger partial charge on any atom is -1.00 e. The van der Waals surface area contributed by atoms with Crippen LogP contribution in [-0.2, 0) is 0 Å². The largest absolute Gasteiger partial charge is 1.00 e. The van der Waals surface area contributed by atoms with Crippen molar-refractivity contribution in [1.29, 1.82) is 0 Å². The molecule has 0 saturated carbocycles. The summed E-state index contributed by atoms with van der Waals surface area (Å²) in [6, 6.07) is 0. The summed E-state index contributed by atoms with van der Waals surface area (Å²) in [6.45, 7) is 0. The second-order valence-corrected chi connectivity index (χ2v) is 0. The molecule has 0 aromatic rings. The molecule has 0 bridgehead atoms. The maximum Gasteiger partial charge on any atom is 1.00 e. The van der Waals surface area contributed by atoms with Crippen LogP contribution in [0.2, 0.25) is 0 Å². The molecule has 0 spiro atoms. The molecule has 0 fully saturated rings. The van der Waals surface area contributed by atoms with E-state index in [0.29, 0.717) is 0 Å². The Bertz CT molecular complexity index is 4.00. The van der Waals surface area contributed by atoms with Crippen LogP contribution >= 0.6 is 0 Å². The fraction of sp³-hybridized carbons (Fsp3) is 0. The summed E-state index contributed by atoms with van der Waals surface area (Å²) < 4.78 is 0. The van der Waals surface area contributed by atoms with Crippen LogP contribution in [0.25, 0.3) is 11.1 Å². The fourth-order valence-corrected chi connectivity index (χ4v) is 0. The molecule has 0 saturated heterocycles. The zero-order chi connectivity index (χ0) is 2.00. The van der Waals surface area contributed by atoms with E-state index in [1.54, 1.807) is 0 Å². The van der Waals surface area contributed by atoms with E-state index in [0.717, 1.165) is 0 Å². The van der Waals surface area contributed by atoms with E-state index in [9.17, 15) is 0 Å². The first-order valence-electron chi connectivity index (χ1n) is 0.200. The number of nitrogens with zero attached hydrogens (tertiary/aromatic N) is 2. The molecular weight excluding hydrogens is 41.9 g/mol. The van der Waals surface area contributed by atoms with Gasteiger partial charge in [0.1, 0.15) is 0 Å². The van der Waals surface area contributed by atoms with E-state index in [1.807, 2.05) is 0 Å². The molecule has 0 atom stereocenters. The maximum absolute atomic E-state index is 6.00. The Kier molecular flexibility index (Phi) is 251. The topological polar surface area (TPSA) is 44.6 Å². The minimum absolute atomic E-state index is 0. The molecule has 0 aliphatic rings. The SMILES string of the molecule is [Li+].[Li+].[N-]=[N-]. The van der Waals surface area contributed by atoms with Crippen molar-refractivity contribution in [1.82, 2.24) is 0 Å². The van der Waals surface area contributed by atoms with Gasteiger partial charge in [-0.1, -0.05) is 0 Å². The second kappa shape index (κ2) is 46.9. The zero-order valence-electron chi connectivity index (χ0n) is 2.89. The maximum atomic E-state index is 6.00. The average Bonchev–Trinajstić information content (AvgIpc) is 1.00. The molecule has 4 heteroatoms. The van der Waals surface area contributed by atoms with E-state index in [1.165, 1.54) is 0 Å². The summed E-state index contributed by atoms with van der Waals surface area (Å²) in [5, 5.41) is 0. The van der Waals surface area contributed by atoms with E-state index in [2.05, 4.69) is 0 Å². The van der Waals surface area contributed by atoms with Crippen molar-refractivity contribution in [3.8, 4) is 0 Å². The van der Waals surface area contributed by atoms with Gasteiger partial charge in [-0.2, -0.15) is 0 Å². The number of hydrogen-bond acceptors (Lipinski definition) is 0. The smallest absolute Gasteiger partial charge is 1.00 e. The minimum atomic E-state index is 0. The molecule has 0 aromatic carbocycles. The Labute approximate surface area is 49.0 Å².